The van der Waals surface area contributed by atoms with Crippen LogP contribution in [0.1, 0.15) is 89.9 Å². The molecule has 0 amide bonds. The summed E-state index contributed by atoms with van der Waals surface area (Å²) in [5, 5.41) is 15.9. The number of ether oxygens (including phenoxy) is 4. The topological polar surface area (TPSA) is 166 Å². The highest BCUT2D eigenvalue weighted by Crippen LogP contribution is 2.05. The molecule has 2 rings (SSSR count). The number of carbonyl (C=O) groups excluding carboxylic acids is 4. The van der Waals surface area contributed by atoms with E-state index in [1.54, 1.807) is 0 Å². The van der Waals surface area contributed by atoms with Gasteiger partial charge in [0.2, 0.25) is 0 Å². The van der Waals surface area contributed by atoms with Crippen molar-refractivity contribution >= 4 is 23.9 Å². The molecule has 16 heteroatoms. The summed E-state index contributed by atoms with van der Waals surface area (Å²) in [6, 6.07) is 0. The van der Waals surface area contributed by atoms with Crippen LogP contribution >= 0.6 is 0 Å². The van der Waals surface area contributed by atoms with Gasteiger partial charge in [0.05, 0.1) is 52.1 Å². The lowest BCUT2D eigenvalue weighted by Crippen LogP contribution is -2.45. The Labute approximate surface area is 349 Å². The number of esters is 4. The molecule has 0 bridgehead atoms. The molecule has 0 aromatic carbocycles. The van der Waals surface area contributed by atoms with Gasteiger partial charge in [0.25, 0.3) is 0 Å². The first kappa shape index (κ1) is 51.7. The van der Waals surface area contributed by atoms with Crippen molar-refractivity contribution in [1.29, 1.82) is 0 Å². The number of piperazine rings is 2. The summed E-state index contributed by atoms with van der Waals surface area (Å²) in [6.45, 7) is 17.3. The predicted molar refractivity (Wildman–Crippen MR) is 226 cm³/mol. The van der Waals surface area contributed by atoms with Gasteiger partial charge in [-0.25, -0.2) is 0 Å². The Balaban J connectivity index is 1.38. The minimum atomic E-state index is -0.285. The molecule has 2 aliphatic heterocycles. The zero-order chi connectivity index (χ0) is 41.9. The van der Waals surface area contributed by atoms with Crippen molar-refractivity contribution in [2.24, 2.45) is 0 Å². The fourth-order valence-electron chi connectivity index (χ4n) is 6.71. The second kappa shape index (κ2) is 35.3. The summed E-state index contributed by atoms with van der Waals surface area (Å²) in [6.07, 6.45) is 9.16. The van der Waals surface area contributed by atoms with Gasteiger partial charge in [-0.1, -0.05) is 0 Å². The first-order valence-corrected chi connectivity index (χ1v) is 22.4. The van der Waals surface area contributed by atoms with Crippen LogP contribution in [0.5, 0.6) is 0 Å². The van der Waals surface area contributed by atoms with E-state index in [4.69, 9.17) is 18.9 Å². The Morgan fingerprint density at radius 3 is 1.22 bits per heavy atom. The van der Waals surface area contributed by atoms with Gasteiger partial charge in [-0.05, 0) is 111 Å². The van der Waals surface area contributed by atoms with Crippen molar-refractivity contribution in [3.05, 3.63) is 0 Å². The first-order chi connectivity index (χ1) is 28.2. The third kappa shape index (κ3) is 29.7. The maximum Gasteiger partial charge on any atom is 0.307 e. The van der Waals surface area contributed by atoms with E-state index in [1.807, 2.05) is 4.90 Å². The molecule has 2 heterocycles. The molecule has 0 unspecified atom stereocenters. The van der Waals surface area contributed by atoms with Crippen LogP contribution in [-0.4, -0.2) is 212 Å². The molecule has 0 atom stereocenters. The molecule has 2 fully saturated rings. The minimum Gasteiger partial charge on any atom is -0.466 e. The van der Waals surface area contributed by atoms with Gasteiger partial charge >= 0.3 is 23.9 Å². The van der Waals surface area contributed by atoms with Gasteiger partial charge in [0.15, 0.2) is 0 Å². The number of aliphatic hydroxyl groups excluding tert-OH is 1. The molecule has 0 aromatic heterocycles. The number of rotatable bonds is 36. The number of nitrogens with zero attached hydrogens (tertiary/aromatic N) is 5. The fraction of sp³-hybridized carbons (Fsp3) is 0.905. The number of hydrogen-bond acceptors (Lipinski definition) is 16. The smallest absolute Gasteiger partial charge is 0.307 e. The monoisotopic (exact) mass is 828 g/mol. The third-order valence-corrected chi connectivity index (χ3v) is 10.6. The molecule has 2 saturated heterocycles. The molecule has 0 radical (unpaired) electrons. The summed E-state index contributed by atoms with van der Waals surface area (Å²) in [7, 11) is 4.32. The van der Waals surface area contributed by atoms with Crippen molar-refractivity contribution in [1.82, 2.24) is 35.1 Å². The van der Waals surface area contributed by atoms with E-state index >= 15 is 0 Å². The van der Waals surface area contributed by atoms with Crippen LogP contribution in [0.2, 0.25) is 0 Å². The normalized spacial score (nSPS) is 15.8. The van der Waals surface area contributed by atoms with E-state index in [9.17, 15) is 24.3 Å². The first-order valence-electron chi connectivity index (χ1n) is 22.4. The number of carbonyl (C=O) groups is 4. The molecule has 0 saturated carbocycles. The van der Waals surface area contributed by atoms with Crippen molar-refractivity contribution in [3.63, 3.8) is 0 Å². The van der Waals surface area contributed by atoms with Gasteiger partial charge in [0.1, 0.15) is 0 Å². The standard InChI is InChI=1S/C42H81N7O9/c1-45-26-30-48(31-27-45)22-11-17-43-19-13-39(51)55-35-7-3-9-37-57-41(53)15-24-47(21-5-6-34-50)25-16-42(54)58-38-10-4-8-36-56-40(52)14-20-44-18-12-23-49-32-28-46(2)29-33-49/h43-44,50H,3-38H2,1-2H3. The summed E-state index contributed by atoms with van der Waals surface area (Å²) >= 11 is 0. The molecule has 0 aromatic rings. The number of nitrogens with one attached hydrogen (secondary N) is 2. The van der Waals surface area contributed by atoms with Crippen molar-refractivity contribution in [2.45, 2.75) is 89.9 Å². The van der Waals surface area contributed by atoms with Crippen LogP contribution < -0.4 is 10.6 Å². The summed E-state index contributed by atoms with van der Waals surface area (Å²) < 4.78 is 21.5. The number of hydrogen-bond donors (Lipinski definition) is 3. The van der Waals surface area contributed by atoms with Gasteiger partial charge in [0, 0.05) is 85.1 Å². The van der Waals surface area contributed by atoms with Crippen LogP contribution in [0.3, 0.4) is 0 Å². The second-order valence-electron chi connectivity index (χ2n) is 15.8. The number of likely N-dealkylation sites (N-methyl/N-ethyl adjacent to an activating group) is 2. The maximum atomic E-state index is 12.4. The summed E-state index contributed by atoms with van der Waals surface area (Å²) in [5.74, 6) is -0.954. The molecule has 3 N–H and O–H groups in total. The second-order valence-corrected chi connectivity index (χ2v) is 15.8. The zero-order valence-electron chi connectivity index (χ0n) is 36.4. The van der Waals surface area contributed by atoms with Crippen molar-refractivity contribution in [2.75, 3.05) is 158 Å². The lowest BCUT2D eigenvalue weighted by atomic mass is 10.2. The maximum absolute atomic E-state index is 12.4. The van der Waals surface area contributed by atoms with E-state index in [0.29, 0.717) is 91.3 Å². The lowest BCUT2D eigenvalue weighted by molar-refractivity contribution is -0.145. The Morgan fingerprint density at radius 1 is 0.466 bits per heavy atom. The quantitative estimate of drug-likeness (QED) is 0.0474. The Kier molecular flexibility index (Phi) is 31.5. The SMILES string of the molecule is CN1CCN(CCCNCCC(=O)OCCCCCOC(=O)CCN(CCCCO)CCC(=O)OCCCCCOC(=O)CCNCCCN2CCN(C)CC2)CC1. The van der Waals surface area contributed by atoms with E-state index in [2.05, 4.69) is 44.3 Å². The van der Waals surface area contributed by atoms with Gasteiger partial charge in [-0.2, -0.15) is 0 Å². The molecule has 58 heavy (non-hydrogen) atoms. The molecular formula is C42H81N7O9. The molecular weight excluding hydrogens is 747 g/mol. The van der Waals surface area contributed by atoms with Crippen molar-refractivity contribution < 1.29 is 43.2 Å². The van der Waals surface area contributed by atoms with Gasteiger partial charge < -0.3 is 59.2 Å². The fourth-order valence-corrected chi connectivity index (χ4v) is 6.71. The lowest BCUT2D eigenvalue weighted by Gasteiger charge is -2.32. The predicted octanol–water partition coefficient (Wildman–Crippen LogP) is 1.59. The largest absolute Gasteiger partial charge is 0.466 e. The molecule has 2 aliphatic rings. The van der Waals surface area contributed by atoms with E-state index in [-0.39, 0.29) is 43.3 Å². The number of unbranched alkanes of at least 4 members (excludes halogenated alkanes) is 5. The highest BCUT2D eigenvalue weighted by Gasteiger charge is 2.15. The Morgan fingerprint density at radius 2 is 0.845 bits per heavy atom. The van der Waals surface area contributed by atoms with Crippen LogP contribution in [0.15, 0.2) is 0 Å². The molecule has 338 valence electrons. The average molecular weight is 828 g/mol. The zero-order valence-corrected chi connectivity index (χ0v) is 36.4. The Hall–Kier alpha value is -2.44. The highest BCUT2D eigenvalue weighted by atomic mass is 16.5. The summed E-state index contributed by atoms with van der Waals surface area (Å²) in [5.41, 5.74) is 0. The van der Waals surface area contributed by atoms with Crippen molar-refractivity contribution in [3.8, 4) is 0 Å². The Bertz CT molecular complexity index is 984. The van der Waals surface area contributed by atoms with E-state index < -0.39 is 0 Å². The van der Waals surface area contributed by atoms with Gasteiger partial charge in [-0.3, -0.25) is 19.2 Å². The van der Waals surface area contributed by atoms with Crippen LogP contribution in [0.25, 0.3) is 0 Å². The van der Waals surface area contributed by atoms with Gasteiger partial charge in [-0.15, -0.1) is 0 Å². The van der Waals surface area contributed by atoms with E-state index in [0.717, 1.165) is 123 Å². The van der Waals surface area contributed by atoms with Crippen LogP contribution in [-0.2, 0) is 38.1 Å². The van der Waals surface area contributed by atoms with Crippen LogP contribution in [0, 0.1) is 0 Å². The molecule has 16 nitrogen and oxygen atoms in total. The number of aliphatic hydroxyl groups is 1. The molecule has 0 spiro atoms. The van der Waals surface area contributed by atoms with Crippen LogP contribution in [0.4, 0.5) is 0 Å². The highest BCUT2D eigenvalue weighted by molar-refractivity contribution is 5.70. The molecule has 0 aliphatic carbocycles. The average Bonchev–Trinajstić information content (AvgIpc) is 3.21. The minimum absolute atomic E-state index is 0.0972. The third-order valence-electron chi connectivity index (χ3n) is 10.6. The van der Waals surface area contributed by atoms with E-state index in [1.165, 1.54) is 0 Å². The summed E-state index contributed by atoms with van der Waals surface area (Å²) in [4.78, 5) is 60.5.